The number of ketones is 1. The van der Waals surface area contributed by atoms with E-state index >= 15 is 0 Å². The van der Waals surface area contributed by atoms with Gasteiger partial charge in [-0.3, -0.25) is 9.59 Å². The van der Waals surface area contributed by atoms with Crippen molar-refractivity contribution in [2.45, 2.75) is 14.4 Å². The zero-order valence-electron chi connectivity index (χ0n) is 5.55. The van der Waals surface area contributed by atoms with E-state index in [2.05, 4.69) is 4.98 Å². The number of aromatic amines is 1. The molecule has 3 heteroatoms. The minimum atomic E-state index is -0.0941. The highest BCUT2D eigenvalue weighted by Crippen LogP contribution is 2.03. The summed E-state index contributed by atoms with van der Waals surface area (Å²) in [6, 6.07) is 1.59. The van der Waals surface area contributed by atoms with E-state index in [9.17, 15) is 9.59 Å². The molecule has 1 rings (SSSR count). The lowest BCUT2D eigenvalue weighted by Crippen LogP contribution is -1.94. The molecule has 0 fully saturated rings. The second kappa shape index (κ2) is 3.71. The molecule has 0 aliphatic heterocycles. The third-order valence-corrected chi connectivity index (χ3v) is 1.28. The average molecular weight is 153 g/mol. The normalized spacial score (nSPS) is 8.45. The van der Waals surface area contributed by atoms with Crippen molar-refractivity contribution in [1.29, 1.82) is 0 Å². The topological polar surface area (TPSA) is 49.9 Å². The SMILES string of the molecule is C.CC(=O)c1cc[nH]c1C=O. The van der Waals surface area contributed by atoms with E-state index in [-0.39, 0.29) is 13.2 Å². The average Bonchev–Trinajstić information content (AvgIpc) is 2.33. The number of hydrogen-bond donors (Lipinski definition) is 1. The molecule has 1 aromatic heterocycles. The van der Waals surface area contributed by atoms with E-state index in [1.807, 2.05) is 0 Å². The Kier molecular flexibility index (Phi) is 3.24. The molecule has 0 amide bonds. The smallest absolute Gasteiger partial charge is 0.166 e. The van der Waals surface area contributed by atoms with Gasteiger partial charge < -0.3 is 4.98 Å². The van der Waals surface area contributed by atoms with Gasteiger partial charge in [0.05, 0.1) is 5.69 Å². The van der Waals surface area contributed by atoms with Crippen molar-refractivity contribution < 1.29 is 9.59 Å². The minimum Gasteiger partial charge on any atom is -0.358 e. The Morgan fingerprint density at radius 2 is 2.27 bits per heavy atom. The van der Waals surface area contributed by atoms with Crippen LogP contribution in [0.2, 0.25) is 0 Å². The predicted molar refractivity (Wildman–Crippen MR) is 42.9 cm³/mol. The van der Waals surface area contributed by atoms with Crippen LogP contribution in [0.1, 0.15) is 35.2 Å². The summed E-state index contributed by atoms with van der Waals surface area (Å²) in [7, 11) is 0. The van der Waals surface area contributed by atoms with Crippen molar-refractivity contribution in [3.63, 3.8) is 0 Å². The summed E-state index contributed by atoms with van der Waals surface area (Å²) in [6.07, 6.45) is 2.21. The minimum absolute atomic E-state index is 0. The Balaban J connectivity index is 0.000001000. The van der Waals surface area contributed by atoms with Crippen molar-refractivity contribution in [2.75, 3.05) is 0 Å². The number of carbonyl (C=O) groups excluding carboxylic acids is 2. The van der Waals surface area contributed by atoms with Crippen LogP contribution in [0.25, 0.3) is 0 Å². The van der Waals surface area contributed by atoms with E-state index in [0.717, 1.165) is 0 Å². The highest BCUT2D eigenvalue weighted by Gasteiger charge is 2.05. The molecule has 0 saturated carbocycles. The summed E-state index contributed by atoms with van der Waals surface area (Å²) in [6.45, 7) is 1.43. The number of nitrogens with one attached hydrogen (secondary N) is 1. The first-order valence-electron chi connectivity index (χ1n) is 2.89. The van der Waals surface area contributed by atoms with E-state index < -0.39 is 0 Å². The molecule has 0 radical (unpaired) electrons. The maximum atomic E-state index is 10.7. The standard InChI is InChI=1S/C7H7NO2.CH4/c1-5(10)6-2-3-8-7(6)4-9;/h2-4,8H,1H3;1H4. The van der Waals surface area contributed by atoms with Crippen molar-refractivity contribution in [2.24, 2.45) is 0 Å². The maximum absolute atomic E-state index is 10.7. The molecule has 0 saturated heterocycles. The number of Topliss-reactive ketones (excluding diaryl/α,β-unsaturated/α-hetero) is 1. The van der Waals surface area contributed by atoms with Gasteiger partial charge in [0.1, 0.15) is 0 Å². The molecule has 0 spiro atoms. The largest absolute Gasteiger partial charge is 0.358 e. The lowest BCUT2D eigenvalue weighted by Gasteiger charge is -1.87. The van der Waals surface area contributed by atoms with Crippen molar-refractivity contribution in [1.82, 2.24) is 4.98 Å². The molecule has 0 unspecified atom stereocenters. The van der Waals surface area contributed by atoms with Gasteiger partial charge >= 0.3 is 0 Å². The number of H-pyrrole nitrogens is 1. The summed E-state index contributed by atoms with van der Waals surface area (Å²) < 4.78 is 0. The molecule has 0 aliphatic carbocycles. The van der Waals surface area contributed by atoms with Gasteiger partial charge in [0.25, 0.3) is 0 Å². The van der Waals surface area contributed by atoms with Crippen LogP contribution < -0.4 is 0 Å². The Hall–Kier alpha value is -1.38. The fourth-order valence-corrected chi connectivity index (χ4v) is 0.787. The maximum Gasteiger partial charge on any atom is 0.166 e. The lowest BCUT2D eigenvalue weighted by molar-refractivity contribution is 0.100. The number of carbonyl (C=O) groups is 2. The van der Waals surface area contributed by atoms with Gasteiger partial charge in [-0.25, -0.2) is 0 Å². The van der Waals surface area contributed by atoms with Gasteiger partial charge in [0.15, 0.2) is 12.1 Å². The second-order valence-corrected chi connectivity index (χ2v) is 1.98. The summed E-state index contributed by atoms with van der Waals surface area (Å²) in [4.78, 5) is 23.6. The highest BCUT2D eigenvalue weighted by molar-refractivity contribution is 6.00. The van der Waals surface area contributed by atoms with Crippen LogP contribution in [0.3, 0.4) is 0 Å². The van der Waals surface area contributed by atoms with E-state index in [1.54, 1.807) is 12.3 Å². The van der Waals surface area contributed by atoms with Crippen LogP contribution in [0.4, 0.5) is 0 Å². The van der Waals surface area contributed by atoms with E-state index in [0.29, 0.717) is 17.5 Å². The Morgan fingerprint density at radius 1 is 1.64 bits per heavy atom. The van der Waals surface area contributed by atoms with Gasteiger partial charge in [-0.05, 0) is 13.0 Å². The van der Waals surface area contributed by atoms with Gasteiger partial charge in [-0.1, -0.05) is 7.43 Å². The Morgan fingerprint density at radius 3 is 2.64 bits per heavy atom. The number of aldehydes is 1. The molecular formula is C8H11NO2. The quantitative estimate of drug-likeness (QED) is 0.519. The van der Waals surface area contributed by atoms with Gasteiger partial charge in [-0.15, -0.1) is 0 Å². The molecule has 3 nitrogen and oxygen atoms in total. The van der Waals surface area contributed by atoms with Crippen LogP contribution in [-0.2, 0) is 0 Å². The first-order chi connectivity index (χ1) is 4.75. The second-order valence-electron chi connectivity index (χ2n) is 1.98. The lowest BCUT2D eigenvalue weighted by atomic mass is 10.2. The first kappa shape index (κ1) is 9.62. The van der Waals surface area contributed by atoms with Crippen LogP contribution in [0.15, 0.2) is 12.3 Å². The molecule has 0 aliphatic rings. The Bertz CT molecular complexity index is 263. The zero-order valence-corrected chi connectivity index (χ0v) is 5.55. The zero-order chi connectivity index (χ0) is 7.56. The van der Waals surface area contributed by atoms with Crippen molar-refractivity contribution in [3.05, 3.63) is 23.5 Å². The molecule has 0 aromatic carbocycles. The van der Waals surface area contributed by atoms with Crippen LogP contribution in [-0.4, -0.2) is 17.1 Å². The molecular weight excluding hydrogens is 142 g/mol. The molecule has 60 valence electrons. The van der Waals surface area contributed by atoms with Gasteiger partial charge in [0, 0.05) is 11.8 Å². The molecule has 1 aromatic rings. The summed E-state index contributed by atoms with van der Waals surface area (Å²) >= 11 is 0. The fraction of sp³-hybridized carbons (Fsp3) is 0.250. The number of rotatable bonds is 2. The summed E-state index contributed by atoms with van der Waals surface area (Å²) in [5.74, 6) is -0.0941. The van der Waals surface area contributed by atoms with Crippen LogP contribution in [0, 0.1) is 0 Å². The fourth-order valence-electron chi connectivity index (χ4n) is 0.787. The molecule has 1 heterocycles. The monoisotopic (exact) mass is 153 g/mol. The number of aromatic nitrogens is 1. The van der Waals surface area contributed by atoms with Crippen LogP contribution in [0.5, 0.6) is 0 Å². The molecule has 0 atom stereocenters. The van der Waals surface area contributed by atoms with Crippen molar-refractivity contribution >= 4 is 12.1 Å². The molecule has 11 heavy (non-hydrogen) atoms. The third kappa shape index (κ3) is 1.77. The predicted octanol–water partition coefficient (Wildman–Crippen LogP) is 1.67. The van der Waals surface area contributed by atoms with Crippen molar-refractivity contribution in [3.8, 4) is 0 Å². The summed E-state index contributed by atoms with van der Waals surface area (Å²) in [5.41, 5.74) is 0.808. The highest BCUT2D eigenvalue weighted by atomic mass is 16.1. The Labute approximate surface area is 65.4 Å². The summed E-state index contributed by atoms with van der Waals surface area (Å²) in [5, 5.41) is 0. The van der Waals surface area contributed by atoms with Gasteiger partial charge in [0.2, 0.25) is 0 Å². The van der Waals surface area contributed by atoms with Gasteiger partial charge in [-0.2, -0.15) is 0 Å². The number of hydrogen-bond acceptors (Lipinski definition) is 2. The third-order valence-electron chi connectivity index (χ3n) is 1.28. The van der Waals surface area contributed by atoms with Crippen LogP contribution >= 0.6 is 0 Å². The van der Waals surface area contributed by atoms with E-state index in [4.69, 9.17) is 0 Å². The first-order valence-corrected chi connectivity index (χ1v) is 2.89. The molecule has 0 bridgehead atoms. The molecule has 1 N–H and O–H groups in total. The van der Waals surface area contributed by atoms with E-state index in [1.165, 1.54) is 6.92 Å².